The molecular formula is C36H20N4O2. The van der Waals surface area contributed by atoms with Crippen molar-refractivity contribution in [2.45, 2.75) is 0 Å². The smallest absolute Gasteiger partial charge is 0.164 e. The fourth-order valence-electron chi connectivity index (χ4n) is 5.81. The van der Waals surface area contributed by atoms with E-state index in [-0.39, 0.29) is 0 Å². The number of rotatable bonds is 3. The molecule has 9 aromatic rings. The SMILES string of the molecule is c1ccc(-c2nc(-c3cccc4oc5ccccc5c34)nc(-c3cccc4oc5cc6ccccc6nc5c34)n2)cc1. The van der Waals surface area contributed by atoms with Crippen LogP contribution in [0.1, 0.15) is 0 Å². The van der Waals surface area contributed by atoms with Gasteiger partial charge in [0.05, 0.1) is 10.9 Å². The number of para-hydroxylation sites is 2. The van der Waals surface area contributed by atoms with Crippen molar-refractivity contribution < 1.29 is 8.83 Å². The molecule has 42 heavy (non-hydrogen) atoms. The minimum absolute atomic E-state index is 0.548. The number of hydrogen-bond donors (Lipinski definition) is 0. The van der Waals surface area contributed by atoms with Crippen molar-refractivity contribution in [1.29, 1.82) is 0 Å². The quantitative estimate of drug-likeness (QED) is 0.222. The Labute approximate surface area is 238 Å². The Morgan fingerprint density at radius 1 is 0.429 bits per heavy atom. The maximum Gasteiger partial charge on any atom is 0.164 e. The van der Waals surface area contributed by atoms with Crippen molar-refractivity contribution in [1.82, 2.24) is 19.9 Å². The van der Waals surface area contributed by atoms with Gasteiger partial charge in [0.15, 0.2) is 23.1 Å². The first-order valence-electron chi connectivity index (χ1n) is 13.7. The summed E-state index contributed by atoms with van der Waals surface area (Å²) in [5, 5.41) is 3.90. The van der Waals surface area contributed by atoms with Crippen LogP contribution >= 0.6 is 0 Å². The summed E-state index contributed by atoms with van der Waals surface area (Å²) in [6.07, 6.45) is 0. The number of fused-ring (bicyclic) bond motifs is 7. The molecule has 0 bridgehead atoms. The summed E-state index contributed by atoms with van der Waals surface area (Å²) < 4.78 is 12.5. The molecule has 0 unspecified atom stereocenters. The number of benzene rings is 5. The first kappa shape index (κ1) is 22.9. The zero-order valence-electron chi connectivity index (χ0n) is 22.2. The van der Waals surface area contributed by atoms with Gasteiger partial charge >= 0.3 is 0 Å². The van der Waals surface area contributed by atoms with E-state index in [1.807, 2.05) is 115 Å². The molecule has 0 aliphatic rings. The average Bonchev–Trinajstić information content (AvgIpc) is 3.61. The molecule has 0 aliphatic heterocycles. The Balaban J connectivity index is 1.36. The van der Waals surface area contributed by atoms with E-state index in [0.29, 0.717) is 17.5 Å². The lowest BCUT2D eigenvalue weighted by atomic mass is 10.0. The van der Waals surface area contributed by atoms with Crippen molar-refractivity contribution in [2.75, 3.05) is 0 Å². The fraction of sp³-hybridized carbons (Fsp3) is 0. The van der Waals surface area contributed by atoms with Gasteiger partial charge in [-0.3, -0.25) is 0 Å². The molecule has 0 radical (unpaired) electrons. The normalized spacial score (nSPS) is 11.8. The number of pyridine rings is 1. The second-order valence-corrected chi connectivity index (χ2v) is 10.3. The number of hydrogen-bond acceptors (Lipinski definition) is 6. The standard InChI is InChI=1S/C36H20N4O2/c1-2-10-21(11-3-1)34-38-35(24-14-8-18-28-31(24)23-13-5-7-17-27(23)41-28)40-36(39-34)25-15-9-19-29-32(25)33-30(42-29)20-22-12-4-6-16-26(22)37-33/h1-20H. The van der Waals surface area contributed by atoms with Gasteiger partial charge in [-0.2, -0.15) is 0 Å². The lowest BCUT2D eigenvalue weighted by Gasteiger charge is -2.10. The van der Waals surface area contributed by atoms with Gasteiger partial charge in [-0.1, -0.05) is 91.0 Å². The van der Waals surface area contributed by atoms with Crippen molar-refractivity contribution in [3.63, 3.8) is 0 Å². The van der Waals surface area contributed by atoms with E-state index in [0.717, 1.165) is 71.6 Å². The van der Waals surface area contributed by atoms with E-state index in [2.05, 4.69) is 6.07 Å². The second kappa shape index (κ2) is 8.81. The van der Waals surface area contributed by atoms with E-state index in [4.69, 9.17) is 28.8 Å². The van der Waals surface area contributed by atoms with Crippen molar-refractivity contribution >= 4 is 54.9 Å². The molecule has 9 rings (SSSR count). The molecule has 0 atom stereocenters. The van der Waals surface area contributed by atoms with Crippen molar-refractivity contribution in [3.05, 3.63) is 121 Å². The largest absolute Gasteiger partial charge is 0.456 e. The minimum Gasteiger partial charge on any atom is -0.456 e. The van der Waals surface area contributed by atoms with Gasteiger partial charge in [-0.25, -0.2) is 19.9 Å². The van der Waals surface area contributed by atoms with Gasteiger partial charge in [-0.05, 0) is 30.3 Å². The molecule has 6 nitrogen and oxygen atoms in total. The highest BCUT2D eigenvalue weighted by molar-refractivity contribution is 6.13. The van der Waals surface area contributed by atoms with E-state index < -0.39 is 0 Å². The van der Waals surface area contributed by atoms with Crippen molar-refractivity contribution in [3.8, 4) is 34.2 Å². The van der Waals surface area contributed by atoms with E-state index in [9.17, 15) is 0 Å². The van der Waals surface area contributed by atoms with E-state index >= 15 is 0 Å². The van der Waals surface area contributed by atoms with Crippen molar-refractivity contribution in [2.24, 2.45) is 0 Å². The summed E-state index contributed by atoms with van der Waals surface area (Å²) in [7, 11) is 0. The van der Waals surface area contributed by atoms with Crippen LogP contribution in [-0.2, 0) is 0 Å². The molecule has 0 N–H and O–H groups in total. The van der Waals surface area contributed by atoms with Crippen LogP contribution in [-0.4, -0.2) is 19.9 Å². The molecule has 0 aliphatic carbocycles. The molecule has 0 saturated carbocycles. The molecule has 4 heterocycles. The topological polar surface area (TPSA) is 77.8 Å². The summed E-state index contributed by atoms with van der Waals surface area (Å²) in [6.45, 7) is 0. The Bertz CT molecular complexity index is 2480. The minimum atomic E-state index is 0.548. The van der Waals surface area contributed by atoms with Crippen LogP contribution in [0.5, 0.6) is 0 Å². The predicted molar refractivity (Wildman–Crippen MR) is 166 cm³/mol. The summed E-state index contributed by atoms with van der Waals surface area (Å²) in [4.78, 5) is 20.1. The molecule has 196 valence electrons. The summed E-state index contributed by atoms with van der Waals surface area (Å²) in [5.74, 6) is 1.70. The zero-order valence-corrected chi connectivity index (χ0v) is 22.2. The van der Waals surface area contributed by atoms with Crippen LogP contribution in [0.25, 0.3) is 89.1 Å². The molecule has 6 heteroatoms. The number of furan rings is 2. The van der Waals surface area contributed by atoms with Crippen LogP contribution in [0, 0.1) is 0 Å². The van der Waals surface area contributed by atoms with Gasteiger partial charge < -0.3 is 8.83 Å². The molecule has 0 spiro atoms. The summed E-state index contributed by atoms with van der Waals surface area (Å²) >= 11 is 0. The monoisotopic (exact) mass is 540 g/mol. The Kier molecular flexibility index (Phi) is 4.80. The van der Waals surface area contributed by atoms with Crippen LogP contribution in [0.4, 0.5) is 0 Å². The van der Waals surface area contributed by atoms with E-state index in [1.54, 1.807) is 0 Å². The Morgan fingerprint density at radius 3 is 1.88 bits per heavy atom. The van der Waals surface area contributed by atoms with Crippen LogP contribution < -0.4 is 0 Å². The number of aromatic nitrogens is 4. The number of nitrogens with zero attached hydrogens (tertiary/aromatic N) is 4. The Hall–Kier alpha value is -5.88. The second-order valence-electron chi connectivity index (χ2n) is 10.3. The van der Waals surface area contributed by atoms with Crippen LogP contribution in [0.2, 0.25) is 0 Å². The van der Waals surface area contributed by atoms with Gasteiger partial charge in [-0.15, -0.1) is 0 Å². The molecule has 0 fully saturated rings. The molecule has 0 saturated heterocycles. The lowest BCUT2D eigenvalue weighted by Crippen LogP contribution is -2.00. The highest BCUT2D eigenvalue weighted by Crippen LogP contribution is 2.39. The Morgan fingerprint density at radius 2 is 1.05 bits per heavy atom. The van der Waals surface area contributed by atoms with Gasteiger partial charge in [0.1, 0.15) is 22.3 Å². The molecular weight excluding hydrogens is 520 g/mol. The third-order valence-corrected chi connectivity index (χ3v) is 7.72. The third-order valence-electron chi connectivity index (χ3n) is 7.72. The van der Waals surface area contributed by atoms with Gasteiger partial charge in [0.25, 0.3) is 0 Å². The van der Waals surface area contributed by atoms with Crippen LogP contribution in [0.15, 0.2) is 130 Å². The maximum absolute atomic E-state index is 6.30. The molecule has 0 amide bonds. The lowest BCUT2D eigenvalue weighted by molar-refractivity contribution is 0.668. The van der Waals surface area contributed by atoms with Crippen LogP contribution in [0.3, 0.4) is 0 Å². The average molecular weight is 541 g/mol. The van der Waals surface area contributed by atoms with Gasteiger partial charge in [0.2, 0.25) is 0 Å². The third kappa shape index (κ3) is 3.45. The first-order valence-corrected chi connectivity index (χ1v) is 13.7. The van der Waals surface area contributed by atoms with E-state index in [1.165, 1.54) is 0 Å². The summed E-state index contributed by atoms with van der Waals surface area (Å²) in [5.41, 5.74) is 7.37. The first-order chi connectivity index (χ1) is 20.8. The van der Waals surface area contributed by atoms with Gasteiger partial charge in [0, 0.05) is 32.8 Å². The zero-order chi connectivity index (χ0) is 27.6. The molecule has 4 aromatic heterocycles. The highest BCUT2D eigenvalue weighted by atomic mass is 16.3. The highest BCUT2D eigenvalue weighted by Gasteiger charge is 2.21. The maximum atomic E-state index is 6.30. The molecule has 5 aromatic carbocycles. The summed E-state index contributed by atoms with van der Waals surface area (Å²) in [6, 6.07) is 40.1. The predicted octanol–water partition coefficient (Wildman–Crippen LogP) is 9.22. The fourth-order valence-corrected chi connectivity index (χ4v) is 5.81.